The van der Waals surface area contributed by atoms with Gasteiger partial charge in [-0.25, -0.2) is 0 Å². The van der Waals surface area contributed by atoms with Crippen LogP contribution in [-0.4, -0.2) is 35.0 Å². The Morgan fingerprint density at radius 2 is 1.74 bits per heavy atom. The first-order valence-corrected chi connectivity index (χ1v) is 7.21. The van der Waals surface area contributed by atoms with Crippen LogP contribution in [0.5, 0.6) is 0 Å². The highest BCUT2D eigenvalue weighted by Gasteiger charge is 2.30. The summed E-state index contributed by atoms with van der Waals surface area (Å²) in [5, 5.41) is 8.84. The van der Waals surface area contributed by atoms with Crippen molar-refractivity contribution in [1.82, 2.24) is 4.90 Å². The number of hydrogen-bond donors (Lipinski definition) is 1. The standard InChI is InChI=1S/C15H27NO3/c1-11(2)12-5-7-16(8-6-12)13(17)9-15(3,4)10-14(18)19/h11-12H,5-10H2,1-4H3,(H,18,19). The molecule has 0 unspecified atom stereocenters. The number of carbonyl (C=O) groups excluding carboxylic acids is 1. The van der Waals surface area contributed by atoms with Gasteiger partial charge in [-0.1, -0.05) is 27.7 Å². The zero-order chi connectivity index (χ0) is 14.6. The van der Waals surface area contributed by atoms with Crippen LogP contribution < -0.4 is 0 Å². The van der Waals surface area contributed by atoms with Crippen molar-refractivity contribution in [3.8, 4) is 0 Å². The molecule has 19 heavy (non-hydrogen) atoms. The van der Waals surface area contributed by atoms with Gasteiger partial charge in [0.2, 0.25) is 5.91 Å². The topological polar surface area (TPSA) is 57.6 Å². The second-order valence-corrected chi connectivity index (χ2v) is 6.87. The molecular formula is C15H27NO3. The van der Waals surface area contributed by atoms with Gasteiger partial charge < -0.3 is 10.0 Å². The lowest BCUT2D eigenvalue weighted by Crippen LogP contribution is -2.41. The first-order chi connectivity index (χ1) is 8.71. The van der Waals surface area contributed by atoms with Crippen molar-refractivity contribution in [2.75, 3.05) is 13.1 Å². The summed E-state index contributed by atoms with van der Waals surface area (Å²) in [7, 11) is 0. The molecule has 0 atom stereocenters. The van der Waals surface area contributed by atoms with Crippen LogP contribution in [0, 0.1) is 17.3 Å². The predicted molar refractivity (Wildman–Crippen MR) is 74.8 cm³/mol. The van der Waals surface area contributed by atoms with E-state index < -0.39 is 11.4 Å². The highest BCUT2D eigenvalue weighted by Crippen LogP contribution is 2.29. The molecule has 1 heterocycles. The van der Waals surface area contributed by atoms with E-state index in [0.29, 0.717) is 12.3 Å². The second-order valence-electron chi connectivity index (χ2n) is 6.87. The Bertz CT molecular complexity index is 328. The number of carboxylic acids is 1. The molecule has 4 heteroatoms. The molecule has 110 valence electrons. The molecule has 1 aliphatic heterocycles. The third kappa shape index (κ3) is 5.21. The number of piperidine rings is 1. The number of aliphatic carboxylic acids is 1. The molecule has 1 aliphatic rings. The smallest absolute Gasteiger partial charge is 0.303 e. The molecule has 1 N–H and O–H groups in total. The number of hydrogen-bond acceptors (Lipinski definition) is 2. The molecular weight excluding hydrogens is 242 g/mol. The summed E-state index contributed by atoms with van der Waals surface area (Å²) in [5.74, 6) is 0.668. The van der Waals surface area contributed by atoms with Crippen LogP contribution in [0.25, 0.3) is 0 Å². The van der Waals surface area contributed by atoms with Gasteiger partial charge in [0, 0.05) is 19.5 Å². The molecule has 4 nitrogen and oxygen atoms in total. The molecule has 0 radical (unpaired) electrons. The van der Waals surface area contributed by atoms with Gasteiger partial charge in [0.1, 0.15) is 0 Å². The SMILES string of the molecule is CC(C)C1CCN(C(=O)CC(C)(C)CC(=O)O)CC1. The Kier molecular flexibility index (Phi) is 5.39. The summed E-state index contributed by atoms with van der Waals surface area (Å²) in [6.07, 6.45) is 2.51. The van der Waals surface area contributed by atoms with E-state index in [9.17, 15) is 9.59 Å². The molecule has 0 aromatic heterocycles. The third-order valence-corrected chi connectivity index (χ3v) is 4.09. The van der Waals surface area contributed by atoms with Crippen molar-refractivity contribution >= 4 is 11.9 Å². The van der Waals surface area contributed by atoms with Crippen LogP contribution in [0.2, 0.25) is 0 Å². The molecule has 1 saturated heterocycles. The van der Waals surface area contributed by atoms with E-state index in [2.05, 4.69) is 13.8 Å². The molecule has 0 aromatic rings. The van der Waals surface area contributed by atoms with Crippen molar-refractivity contribution in [2.24, 2.45) is 17.3 Å². The van der Waals surface area contributed by atoms with Crippen LogP contribution in [-0.2, 0) is 9.59 Å². The van der Waals surface area contributed by atoms with Gasteiger partial charge in [0.15, 0.2) is 0 Å². The number of carbonyl (C=O) groups is 2. The maximum absolute atomic E-state index is 12.2. The van der Waals surface area contributed by atoms with Gasteiger partial charge in [-0.2, -0.15) is 0 Å². The quantitative estimate of drug-likeness (QED) is 0.835. The summed E-state index contributed by atoms with van der Waals surface area (Å²) in [6, 6.07) is 0. The zero-order valence-electron chi connectivity index (χ0n) is 12.6. The fraction of sp³-hybridized carbons (Fsp3) is 0.867. The number of amides is 1. The van der Waals surface area contributed by atoms with Crippen LogP contribution in [0.4, 0.5) is 0 Å². The van der Waals surface area contributed by atoms with Crippen molar-refractivity contribution < 1.29 is 14.7 Å². The highest BCUT2D eigenvalue weighted by molar-refractivity contribution is 5.78. The van der Waals surface area contributed by atoms with Gasteiger partial charge in [0.05, 0.1) is 6.42 Å². The average molecular weight is 269 g/mol. The minimum Gasteiger partial charge on any atom is -0.481 e. The molecule has 1 amide bonds. The summed E-state index contributed by atoms with van der Waals surface area (Å²) < 4.78 is 0. The lowest BCUT2D eigenvalue weighted by Gasteiger charge is -2.35. The average Bonchev–Trinajstić information content (AvgIpc) is 2.26. The van der Waals surface area contributed by atoms with Crippen LogP contribution >= 0.6 is 0 Å². The van der Waals surface area contributed by atoms with Crippen molar-refractivity contribution in [3.05, 3.63) is 0 Å². The first kappa shape index (κ1) is 16.0. The van der Waals surface area contributed by atoms with Crippen molar-refractivity contribution in [1.29, 1.82) is 0 Å². The van der Waals surface area contributed by atoms with Gasteiger partial charge in [0.25, 0.3) is 0 Å². The van der Waals surface area contributed by atoms with Crippen LogP contribution in [0.15, 0.2) is 0 Å². The van der Waals surface area contributed by atoms with Crippen LogP contribution in [0.1, 0.15) is 53.4 Å². The molecule has 1 rings (SSSR count). The Hall–Kier alpha value is -1.06. The molecule has 0 bridgehead atoms. The fourth-order valence-corrected chi connectivity index (χ4v) is 2.81. The van der Waals surface area contributed by atoms with E-state index in [4.69, 9.17) is 5.11 Å². The monoisotopic (exact) mass is 269 g/mol. The minimum absolute atomic E-state index is 0.0429. The van der Waals surface area contributed by atoms with Gasteiger partial charge in [-0.15, -0.1) is 0 Å². The van der Waals surface area contributed by atoms with Gasteiger partial charge >= 0.3 is 5.97 Å². The number of carboxylic acid groups (broad SMARTS) is 1. The fourth-order valence-electron chi connectivity index (χ4n) is 2.81. The van der Waals surface area contributed by atoms with E-state index in [1.807, 2.05) is 18.7 Å². The number of nitrogens with zero attached hydrogens (tertiary/aromatic N) is 1. The minimum atomic E-state index is -0.837. The van der Waals surface area contributed by atoms with Gasteiger partial charge in [-0.3, -0.25) is 9.59 Å². The largest absolute Gasteiger partial charge is 0.481 e. The second kappa shape index (κ2) is 6.40. The molecule has 1 fully saturated rings. The summed E-state index contributed by atoms with van der Waals surface area (Å²) in [4.78, 5) is 24.9. The lowest BCUT2D eigenvalue weighted by atomic mass is 9.83. The predicted octanol–water partition coefficient (Wildman–Crippen LogP) is 2.77. The van der Waals surface area contributed by atoms with Crippen molar-refractivity contribution in [2.45, 2.75) is 53.4 Å². The van der Waals surface area contributed by atoms with E-state index in [1.165, 1.54) is 0 Å². The van der Waals surface area contributed by atoms with E-state index in [0.717, 1.165) is 31.8 Å². The molecule has 0 aromatic carbocycles. The van der Waals surface area contributed by atoms with Crippen molar-refractivity contribution in [3.63, 3.8) is 0 Å². The molecule has 0 aliphatic carbocycles. The zero-order valence-corrected chi connectivity index (χ0v) is 12.6. The highest BCUT2D eigenvalue weighted by atomic mass is 16.4. The van der Waals surface area contributed by atoms with E-state index in [-0.39, 0.29) is 12.3 Å². The van der Waals surface area contributed by atoms with E-state index >= 15 is 0 Å². The summed E-state index contributed by atoms with van der Waals surface area (Å²) in [6.45, 7) is 9.81. The maximum atomic E-state index is 12.2. The summed E-state index contributed by atoms with van der Waals surface area (Å²) in [5.41, 5.74) is -0.461. The summed E-state index contributed by atoms with van der Waals surface area (Å²) >= 11 is 0. The normalized spacial score (nSPS) is 17.8. The third-order valence-electron chi connectivity index (χ3n) is 4.09. The Labute approximate surface area is 116 Å². The first-order valence-electron chi connectivity index (χ1n) is 7.21. The Balaban J connectivity index is 2.45. The molecule has 0 saturated carbocycles. The van der Waals surface area contributed by atoms with Crippen LogP contribution in [0.3, 0.4) is 0 Å². The number of rotatable bonds is 5. The number of likely N-dealkylation sites (tertiary alicyclic amines) is 1. The maximum Gasteiger partial charge on any atom is 0.303 e. The van der Waals surface area contributed by atoms with Gasteiger partial charge in [-0.05, 0) is 30.1 Å². The lowest BCUT2D eigenvalue weighted by molar-refractivity contribution is -0.141. The Morgan fingerprint density at radius 1 is 1.21 bits per heavy atom. The molecule has 0 spiro atoms. The Morgan fingerprint density at radius 3 is 2.16 bits per heavy atom. The van der Waals surface area contributed by atoms with E-state index in [1.54, 1.807) is 0 Å².